The number of para-hydroxylation sites is 1. The van der Waals surface area contributed by atoms with Gasteiger partial charge in [0.1, 0.15) is 18.1 Å². The van der Waals surface area contributed by atoms with Gasteiger partial charge in [-0.15, -0.1) is 0 Å². The Kier molecular flexibility index (Phi) is 4.86. The van der Waals surface area contributed by atoms with E-state index in [0.29, 0.717) is 34.9 Å². The number of phenols is 1. The number of methoxy groups -OCH3 is 1. The quantitative estimate of drug-likeness (QED) is 0.694. The van der Waals surface area contributed by atoms with E-state index in [2.05, 4.69) is 0 Å². The van der Waals surface area contributed by atoms with Gasteiger partial charge in [-0.1, -0.05) is 23.7 Å². The van der Waals surface area contributed by atoms with Crippen LogP contribution in [0.2, 0.25) is 5.02 Å². The summed E-state index contributed by atoms with van der Waals surface area (Å²) in [7, 11) is 1.34. The second-order valence-electron chi connectivity index (χ2n) is 5.58. The number of hydrogen-bond donors (Lipinski definition) is 1. The zero-order valence-electron chi connectivity index (χ0n) is 14.0. The van der Waals surface area contributed by atoms with E-state index in [0.717, 1.165) is 11.2 Å². The maximum atomic E-state index is 12.1. The first kappa shape index (κ1) is 17.2. The van der Waals surface area contributed by atoms with Gasteiger partial charge in [-0.25, -0.2) is 4.79 Å². The molecule has 0 unspecified atom stereocenters. The highest BCUT2D eigenvalue weighted by Crippen LogP contribution is 2.30. The predicted octanol–water partition coefficient (Wildman–Crippen LogP) is 4.17. The first-order chi connectivity index (χ1) is 12.0. The van der Waals surface area contributed by atoms with Gasteiger partial charge in [0.25, 0.3) is 0 Å². The van der Waals surface area contributed by atoms with Crippen molar-refractivity contribution in [2.24, 2.45) is 0 Å². The molecule has 130 valence electrons. The normalized spacial score (nSPS) is 10.8. The number of nitrogens with zero attached hydrogens (tertiary/aromatic N) is 1. The van der Waals surface area contributed by atoms with Gasteiger partial charge in [-0.05, 0) is 37.3 Å². The van der Waals surface area contributed by atoms with Crippen LogP contribution in [0.3, 0.4) is 0 Å². The number of ether oxygens (including phenoxy) is 2. The van der Waals surface area contributed by atoms with Crippen LogP contribution in [0, 0.1) is 6.92 Å². The molecule has 0 aliphatic rings. The molecule has 2 aromatic carbocycles. The fraction of sp³-hybridized carbons (Fsp3) is 0.211. The second kappa shape index (κ2) is 7.07. The lowest BCUT2D eigenvalue weighted by molar-refractivity contribution is 0.0601. The number of aromatic nitrogens is 1. The van der Waals surface area contributed by atoms with Gasteiger partial charge < -0.3 is 19.1 Å². The summed E-state index contributed by atoms with van der Waals surface area (Å²) in [5, 5.41) is 11.0. The topological polar surface area (TPSA) is 60.7 Å². The maximum Gasteiger partial charge on any atom is 0.340 e. The van der Waals surface area contributed by atoms with Crippen LogP contribution in [-0.4, -0.2) is 29.4 Å². The molecule has 0 saturated heterocycles. The molecule has 5 nitrogen and oxygen atoms in total. The van der Waals surface area contributed by atoms with Crippen LogP contribution in [-0.2, 0) is 11.3 Å². The number of halogens is 1. The van der Waals surface area contributed by atoms with E-state index in [1.54, 1.807) is 30.3 Å². The molecule has 6 heteroatoms. The van der Waals surface area contributed by atoms with Gasteiger partial charge in [-0.3, -0.25) is 0 Å². The molecular formula is C19H18ClNO4. The number of esters is 1. The summed E-state index contributed by atoms with van der Waals surface area (Å²) in [4.78, 5) is 12.1. The third-order valence-electron chi connectivity index (χ3n) is 4.11. The highest BCUT2D eigenvalue weighted by molar-refractivity contribution is 6.32. The van der Waals surface area contributed by atoms with Crippen LogP contribution in [0.1, 0.15) is 16.1 Å². The van der Waals surface area contributed by atoms with E-state index in [4.69, 9.17) is 21.1 Å². The zero-order chi connectivity index (χ0) is 18.0. The van der Waals surface area contributed by atoms with Crippen molar-refractivity contribution in [3.05, 3.63) is 58.7 Å². The van der Waals surface area contributed by atoms with Gasteiger partial charge in [0, 0.05) is 16.6 Å². The minimum absolute atomic E-state index is 0.0992. The lowest BCUT2D eigenvalue weighted by atomic mass is 10.1. The van der Waals surface area contributed by atoms with Crippen molar-refractivity contribution in [3.8, 4) is 11.5 Å². The van der Waals surface area contributed by atoms with Crippen molar-refractivity contribution >= 4 is 28.5 Å². The van der Waals surface area contributed by atoms with E-state index < -0.39 is 5.97 Å². The summed E-state index contributed by atoms with van der Waals surface area (Å²) in [6.07, 6.45) is 0. The average molecular weight is 360 g/mol. The molecule has 0 radical (unpaired) electrons. The highest BCUT2D eigenvalue weighted by atomic mass is 35.5. The zero-order valence-corrected chi connectivity index (χ0v) is 14.7. The Morgan fingerprint density at radius 3 is 2.72 bits per heavy atom. The predicted molar refractivity (Wildman–Crippen MR) is 96.6 cm³/mol. The monoisotopic (exact) mass is 359 g/mol. The van der Waals surface area contributed by atoms with Crippen LogP contribution >= 0.6 is 11.6 Å². The second-order valence-corrected chi connectivity index (χ2v) is 5.99. The third kappa shape index (κ3) is 3.28. The molecule has 0 aliphatic carbocycles. The Morgan fingerprint density at radius 2 is 2.00 bits per heavy atom. The Balaban J connectivity index is 1.92. The smallest absolute Gasteiger partial charge is 0.340 e. The van der Waals surface area contributed by atoms with Crippen molar-refractivity contribution in [2.75, 3.05) is 13.7 Å². The molecule has 1 aromatic heterocycles. The third-order valence-corrected chi connectivity index (χ3v) is 4.42. The average Bonchev–Trinajstić information content (AvgIpc) is 2.87. The number of benzene rings is 2. The number of carbonyl (C=O) groups excluding carboxylic acids is 1. The largest absolute Gasteiger partial charge is 0.508 e. The number of fused-ring (bicyclic) bond motifs is 1. The molecule has 1 N–H and O–H groups in total. The SMILES string of the molecule is COC(=O)c1c(C)n(CCOc2ccccc2Cl)c2ccc(O)cc12. The molecule has 0 amide bonds. The lowest BCUT2D eigenvalue weighted by Gasteiger charge is -2.11. The standard InChI is InChI=1S/C19H18ClNO4/c1-12-18(19(23)24-2)14-11-13(22)7-8-16(14)21(12)9-10-25-17-6-4-3-5-15(17)20/h3-8,11,22H,9-10H2,1-2H3. The Labute approximate surface area is 150 Å². The van der Waals surface area contributed by atoms with Crippen molar-refractivity contribution in [3.63, 3.8) is 0 Å². The van der Waals surface area contributed by atoms with Crippen molar-refractivity contribution in [1.29, 1.82) is 0 Å². The number of hydrogen-bond acceptors (Lipinski definition) is 4. The minimum Gasteiger partial charge on any atom is -0.508 e. The van der Waals surface area contributed by atoms with Crippen LogP contribution in [0.4, 0.5) is 0 Å². The van der Waals surface area contributed by atoms with E-state index >= 15 is 0 Å². The summed E-state index contributed by atoms with van der Waals surface area (Å²) in [6, 6.07) is 12.2. The Hall–Kier alpha value is -2.66. The lowest BCUT2D eigenvalue weighted by Crippen LogP contribution is -2.11. The highest BCUT2D eigenvalue weighted by Gasteiger charge is 2.20. The number of phenolic OH excluding ortho intramolecular Hbond substituents is 1. The van der Waals surface area contributed by atoms with Crippen molar-refractivity contribution in [1.82, 2.24) is 4.57 Å². The molecule has 25 heavy (non-hydrogen) atoms. The van der Waals surface area contributed by atoms with Crippen LogP contribution in [0.5, 0.6) is 11.5 Å². The van der Waals surface area contributed by atoms with Gasteiger partial charge in [0.2, 0.25) is 0 Å². The molecule has 0 aliphatic heterocycles. The Morgan fingerprint density at radius 1 is 1.24 bits per heavy atom. The van der Waals surface area contributed by atoms with Crippen LogP contribution in [0.25, 0.3) is 10.9 Å². The minimum atomic E-state index is -0.432. The van der Waals surface area contributed by atoms with E-state index in [1.807, 2.05) is 23.6 Å². The molecular weight excluding hydrogens is 342 g/mol. The fourth-order valence-corrected chi connectivity index (χ4v) is 3.12. The molecule has 0 fully saturated rings. The molecule has 3 aromatic rings. The van der Waals surface area contributed by atoms with Crippen LogP contribution in [0.15, 0.2) is 42.5 Å². The van der Waals surface area contributed by atoms with E-state index in [1.165, 1.54) is 7.11 Å². The van der Waals surface area contributed by atoms with E-state index in [9.17, 15) is 9.90 Å². The first-order valence-electron chi connectivity index (χ1n) is 7.80. The Bertz CT molecular complexity index is 933. The van der Waals surface area contributed by atoms with Crippen LogP contribution < -0.4 is 4.74 Å². The van der Waals surface area contributed by atoms with Crippen molar-refractivity contribution in [2.45, 2.75) is 13.5 Å². The molecule has 0 spiro atoms. The summed E-state index contributed by atoms with van der Waals surface area (Å²) in [5.41, 5.74) is 2.04. The summed E-state index contributed by atoms with van der Waals surface area (Å²) < 4.78 is 12.6. The van der Waals surface area contributed by atoms with Gasteiger partial charge in [0.15, 0.2) is 0 Å². The van der Waals surface area contributed by atoms with E-state index in [-0.39, 0.29) is 5.75 Å². The molecule has 1 heterocycles. The summed E-state index contributed by atoms with van der Waals surface area (Å²) in [5.74, 6) is 0.283. The molecule has 3 rings (SSSR count). The maximum absolute atomic E-state index is 12.1. The van der Waals surface area contributed by atoms with Crippen molar-refractivity contribution < 1.29 is 19.4 Å². The number of carbonyl (C=O) groups is 1. The van der Waals surface area contributed by atoms with Gasteiger partial charge in [-0.2, -0.15) is 0 Å². The molecule has 0 bridgehead atoms. The van der Waals surface area contributed by atoms with Gasteiger partial charge in [0.05, 0.1) is 24.2 Å². The van der Waals surface area contributed by atoms with Gasteiger partial charge >= 0.3 is 5.97 Å². The molecule has 0 saturated carbocycles. The summed E-state index contributed by atoms with van der Waals surface area (Å²) in [6.45, 7) is 2.75. The summed E-state index contributed by atoms with van der Waals surface area (Å²) >= 11 is 6.09. The molecule has 0 atom stereocenters. The number of aromatic hydroxyl groups is 1. The number of rotatable bonds is 5. The fourth-order valence-electron chi connectivity index (χ4n) is 2.93. The first-order valence-corrected chi connectivity index (χ1v) is 8.18.